The maximum atomic E-state index is 12.7. The van der Waals surface area contributed by atoms with Crippen LogP contribution in [0.3, 0.4) is 0 Å². The molecular formula is C23H25N3O2. The third-order valence-electron chi connectivity index (χ3n) is 5.18. The van der Waals surface area contributed by atoms with Gasteiger partial charge in [-0.15, -0.1) is 0 Å². The number of aromatic nitrogens is 2. The van der Waals surface area contributed by atoms with Crippen molar-refractivity contribution in [1.29, 1.82) is 0 Å². The zero-order valence-corrected chi connectivity index (χ0v) is 16.1. The highest BCUT2D eigenvalue weighted by Crippen LogP contribution is 2.31. The highest BCUT2D eigenvalue weighted by Gasteiger charge is 2.24. The van der Waals surface area contributed by atoms with Crippen LogP contribution in [0.1, 0.15) is 53.8 Å². The normalized spacial score (nSPS) is 15.2. The molecule has 1 atom stereocenters. The smallest absolute Gasteiger partial charge is 0.269 e. The van der Waals surface area contributed by atoms with Gasteiger partial charge < -0.3 is 10.1 Å². The Bertz CT molecular complexity index is 946. The van der Waals surface area contributed by atoms with E-state index in [-0.39, 0.29) is 11.9 Å². The number of aryl methyl sites for hydroxylation is 1. The lowest BCUT2D eigenvalue weighted by molar-refractivity contribution is 0.0931. The molecule has 144 valence electrons. The Balaban J connectivity index is 1.41. The van der Waals surface area contributed by atoms with Crippen LogP contribution in [-0.4, -0.2) is 22.7 Å². The molecule has 5 nitrogen and oxygen atoms in total. The summed E-state index contributed by atoms with van der Waals surface area (Å²) in [5, 5.41) is 10.3. The third kappa shape index (κ3) is 3.93. The minimum Gasteiger partial charge on any atom is -0.494 e. The molecule has 1 heterocycles. The van der Waals surface area contributed by atoms with Gasteiger partial charge >= 0.3 is 0 Å². The number of rotatable bonds is 7. The molecule has 1 aliphatic rings. The molecule has 0 saturated heterocycles. The van der Waals surface area contributed by atoms with Gasteiger partial charge in [-0.2, -0.15) is 5.10 Å². The van der Waals surface area contributed by atoms with E-state index < -0.39 is 0 Å². The summed E-state index contributed by atoms with van der Waals surface area (Å²) in [4.78, 5) is 12.7. The molecule has 2 aromatic carbocycles. The van der Waals surface area contributed by atoms with Crippen LogP contribution in [0.2, 0.25) is 0 Å². The van der Waals surface area contributed by atoms with Crippen molar-refractivity contribution in [2.24, 2.45) is 0 Å². The van der Waals surface area contributed by atoms with E-state index in [0.29, 0.717) is 5.69 Å². The lowest BCUT2D eigenvalue weighted by atomic mass is 10.1. The number of unbranched alkanes of at least 4 members (excludes halogenated alkanes) is 1. The van der Waals surface area contributed by atoms with Crippen molar-refractivity contribution in [2.75, 3.05) is 6.61 Å². The molecule has 28 heavy (non-hydrogen) atoms. The fourth-order valence-electron chi connectivity index (χ4n) is 3.59. The van der Waals surface area contributed by atoms with Gasteiger partial charge in [-0.05, 0) is 60.7 Å². The van der Waals surface area contributed by atoms with Gasteiger partial charge in [0.05, 0.1) is 18.3 Å². The molecule has 0 spiro atoms. The van der Waals surface area contributed by atoms with Crippen LogP contribution in [-0.2, 0) is 6.42 Å². The predicted molar refractivity (Wildman–Crippen MR) is 109 cm³/mol. The number of H-pyrrole nitrogens is 1. The van der Waals surface area contributed by atoms with Crippen molar-refractivity contribution in [3.8, 4) is 17.0 Å². The molecule has 0 radical (unpaired) electrons. The van der Waals surface area contributed by atoms with Crippen LogP contribution in [0.25, 0.3) is 11.3 Å². The number of carbonyl (C=O) groups is 1. The number of hydrogen-bond acceptors (Lipinski definition) is 3. The molecule has 4 rings (SSSR count). The van der Waals surface area contributed by atoms with Crippen molar-refractivity contribution in [3.05, 3.63) is 71.4 Å². The van der Waals surface area contributed by atoms with Crippen LogP contribution in [0.5, 0.6) is 5.75 Å². The highest BCUT2D eigenvalue weighted by atomic mass is 16.5. The topological polar surface area (TPSA) is 67.0 Å². The standard InChI is InChI=1S/C23H25N3O2/c1-2-3-14-28-18-11-8-17(9-12-18)21-15-22(26-25-21)23(27)24-20-13-10-16-6-4-5-7-19(16)20/h4-9,11-12,15,20H,2-3,10,13-14H2,1H3,(H,24,27)(H,25,26)/t20-/m1/s1. The number of aromatic amines is 1. The Kier molecular flexibility index (Phi) is 5.42. The maximum Gasteiger partial charge on any atom is 0.269 e. The quantitative estimate of drug-likeness (QED) is 0.590. The van der Waals surface area contributed by atoms with Crippen molar-refractivity contribution < 1.29 is 9.53 Å². The zero-order chi connectivity index (χ0) is 19.3. The number of nitrogens with zero attached hydrogens (tertiary/aromatic N) is 1. The number of amides is 1. The Morgan fingerprint density at radius 1 is 1.21 bits per heavy atom. The molecule has 1 amide bonds. The first-order valence-corrected chi connectivity index (χ1v) is 9.92. The van der Waals surface area contributed by atoms with E-state index in [0.717, 1.165) is 49.3 Å². The van der Waals surface area contributed by atoms with Crippen molar-refractivity contribution in [1.82, 2.24) is 15.5 Å². The summed E-state index contributed by atoms with van der Waals surface area (Å²) < 4.78 is 5.69. The predicted octanol–water partition coefficient (Wildman–Crippen LogP) is 4.67. The first-order chi connectivity index (χ1) is 13.7. The molecule has 0 bridgehead atoms. The highest BCUT2D eigenvalue weighted by molar-refractivity contribution is 5.93. The molecule has 0 aliphatic heterocycles. The summed E-state index contributed by atoms with van der Waals surface area (Å²) >= 11 is 0. The first-order valence-electron chi connectivity index (χ1n) is 9.92. The fraction of sp³-hybridized carbons (Fsp3) is 0.304. The number of fused-ring (bicyclic) bond motifs is 1. The summed E-state index contributed by atoms with van der Waals surface area (Å²) in [6.07, 6.45) is 4.10. The second kappa shape index (κ2) is 8.30. The molecule has 5 heteroatoms. The van der Waals surface area contributed by atoms with Crippen molar-refractivity contribution in [3.63, 3.8) is 0 Å². The number of ether oxygens (including phenoxy) is 1. The van der Waals surface area contributed by atoms with Gasteiger partial charge in [0.1, 0.15) is 11.4 Å². The minimum absolute atomic E-state index is 0.0648. The van der Waals surface area contributed by atoms with Gasteiger partial charge in [0, 0.05) is 5.56 Å². The summed E-state index contributed by atoms with van der Waals surface area (Å²) in [6, 6.07) is 18.0. The van der Waals surface area contributed by atoms with E-state index in [4.69, 9.17) is 4.74 Å². The number of benzene rings is 2. The van der Waals surface area contributed by atoms with Crippen LogP contribution in [0.4, 0.5) is 0 Å². The van der Waals surface area contributed by atoms with Gasteiger partial charge in [0.2, 0.25) is 0 Å². The van der Waals surface area contributed by atoms with Crippen molar-refractivity contribution >= 4 is 5.91 Å². The third-order valence-corrected chi connectivity index (χ3v) is 5.18. The number of nitrogens with one attached hydrogen (secondary N) is 2. The summed E-state index contributed by atoms with van der Waals surface area (Å²) in [7, 11) is 0. The molecule has 1 aromatic heterocycles. The Hall–Kier alpha value is -3.08. The van der Waals surface area contributed by atoms with E-state index in [1.807, 2.05) is 36.4 Å². The molecule has 0 fully saturated rings. The molecule has 0 unspecified atom stereocenters. The molecular weight excluding hydrogens is 350 g/mol. The van der Waals surface area contributed by atoms with Gasteiger partial charge in [0.25, 0.3) is 5.91 Å². The molecule has 3 aromatic rings. The van der Waals surface area contributed by atoms with Gasteiger partial charge in [-0.1, -0.05) is 37.6 Å². The fourth-order valence-corrected chi connectivity index (χ4v) is 3.59. The Morgan fingerprint density at radius 3 is 2.86 bits per heavy atom. The Labute approximate surface area is 165 Å². The zero-order valence-electron chi connectivity index (χ0n) is 16.1. The summed E-state index contributed by atoms with van der Waals surface area (Å²) in [6.45, 7) is 2.87. The average molecular weight is 375 g/mol. The van der Waals surface area contributed by atoms with E-state index in [2.05, 4.69) is 34.6 Å². The lowest BCUT2D eigenvalue weighted by Crippen LogP contribution is -2.27. The van der Waals surface area contributed by atoms with Crippen LogP contribution >= 0.6 is 0 Å². The summed E-state index contributed by atoms with van der Waals surface area (Å²) in [5.74, 6) is 0.727. The Morgan fingerprint density at radius 2 is 2.04 bits per heavy atom. The lowest BCUT2D eigenvalue weighted by Gasteiger charge is -2.13. The van der Waals surface area contributed by atoms with E-state index >= 15 is 0 Å². The van der Waals surface area contributed by atoms with E-state index in [1.54, 1.807) is 6.07 Å². The monoisotopic (exact) mass is 375 g/mol. The molecule has 1 aliphatic carbocycles. The number of carbonyl (C=O) groups excluding carboxylic acids is 1. The maximum absolute atomic E-state index is 12.7. The molecule has 2 N–H and O–H groups in total. The summed E-state index contributed by atoms with van der Waals surface area (Å²) in [5.41, 5.74) is 4.71. The van der Waals surface area contributed by atoms with E-state index in [1.165, 1.54) is 11.1 Å². The van der Waals surface area contributed by atoms with Crippen molar-refractivity contribution in [2.45, 2.75) is 38.6 Å². The van der Waals surface area contributed by atoms with Gasteiger partial charge in [-0.25, -0.2) is 0 Å². The second-order valence-corrected chi connectivity index (χ2v) is 7.16. The van der Waals surface area contributed by atoms with E-state index in [9.17, 15) is 4.79 Å². The van der Waals surface area contributed by atoms with Crippen LogP contribution < -0.4 is 10.1 Å². The largest absolute Gasteiger partial charge is 0.494 e. The molecule has 0 saturated carbocycles. The van der Waals surface area contributed by atoms with Crippen LogP contribution in [0.15, 0.2) is 54.6 Å². The van der Waals surface area contributed by atoms with Gasteiger partial charge in [0.15, 0.2) is 0 Å². The van der Waals surface area contributed by atoms with Crippen LogP contribution in [0, 0.1) is 0 Å². The second-order valence-electron chi connectivity index (χ2n) is 7.16. The first kappa shape index (κ1) is 18.3. The van der Waals surface area contributed by atoms with Gasteiger partial charge in [-0.3, -0.25) is 9.89 Å². The number of hydrogen-bond donors (Lipinski definition) is 2. The average Bonchev–Trinajstić information content (AvgIpc) is 3.37. The minimum atomic E-state index is -0.125. The SMILES string of the molecule is CCCCOc1ccc(-c2cc(C(=O)N[C@@H]3CCc4ccccc43)[nH]n2)cc1.